The summed E-state index contributed by atoms with van der Waals surface area (Å²) in [6, 6.07) is 6.31. The Labute approximate surface area is 186 Å². The molecule has 2 saturated carbocycles. The molecule has 7 nitrogen and oxygen atoms in total. The highest BCUT2D eigenvalue weighted by atomic mass is 16.5. The smallest absolute Gasteiger partial charge is 0.221 e. The van der Waals surface area contributed by atoms with Crippen LogP contribution in [0.3, 0.4) is 0 Å². The monoisotopic (exact) mass is 430 g/mol. The molecular weight excluding hydrogens is 392 g/mol. The summed E-state index contributed by atoms with van der Waals surface area (Å²) in [6.45, 7) is 1.11. The summed E-state index contributed by atoms with van der Waals surface area (Å²) < 4.78 is 11.8. The van der Waals surface area contributed by atoms with Gasteiger partial charge in [-0.1, -0.05) is 31.4 Å². The molecule has 0 saturated heterocycles. The Hall–Kier alpha value is -2.44. The fourth-order valence-electron chi connectivity index (χ4n) is 4.41. The third kappa shape index (κ3) is 7.33. The van der Waals surface area contributed by atoms with Crippen LogP contribution in [-0.2, 0) is 11.3 Å². The molecule has 7 heteroatoms. The summed E-state index contributed by atoms with van der Waals surface area (Å²) in [5.74, 6) is 2.34. The molecule has 0 aliphatic heterocycles. The number of carbonyl (C=O) groups excluding carboxylic acids is 1. The average molecular weight is 431 g/mol. The number of carbonyl (C=O) groups is 1. The molecule has 172 valence electrons. The number of benzene rings is 1. The van der Waals surface area contributed by atoms with Gasteiger partial charge in [0.25, 0.3) is 0 Å². The number of hydrogen-bond donors (Lipinski definition) is 3. The molecular formula is C24H38N4O3. The number of aliphatic imine (C=N–C) groups is 1. The summed E-state index contributed by atoms with van der Waals surface area (Å²) in [6.07, 6.45) is 11.3. The van der Waals surface area contributed by atoms with E-state index >= 15 is 0 Å². The standard InChI is InChI=1S/C24H38N4O3/c1-25-24(26-16-15-22(29)28-19-10-4-3-5-11-19)27-17-18-9-8-14-21(30-2)23(18)31-20-12-6-7-13-20/h8-9,14,19-20H,3-7,10-13,15-17H2,1-2H3,(H,28,29)(H2,25,26,27). The second-order valence-electron chi connectivity index (χ2n) is 8.48. The molecule has 0 radical (unpaired) electrons. The van der Waals surface area contributed by atoms with Gasteiger partial charge in [0, 0.05) is 38.2 Å². The summed E-state index contributed by atoms with van der Waals surface area (Å²) >= 11 is 0. The molecule has 0 atom stereocenters. The van der Waals surface area contributed by atoms with Gasteiger partial charge in [0.15, 0.2) is 17.5 Å². The van der Waals surface area contributed by atoms with Gasteiger partial charge >= 0.3 is 0 Å². The fraction of sp³-hybridized carbons (Fsp3) is 0.667. The van der Waals surface area contributed by atoms with Crippen molar-refractivity contribution in [2.24, 2.45) is 4.99 Å². The summed E-state index contributed by atoms with van der Waals surface area (Å²) in [5.41, 5.74) is 1.03. The number of rotatable bonds is 9. The Morgan fingerprint density at radius 1 is 1.06 bits per heavy atom. The van der Waals surface area contributed by atoms with E-state index in [2.05, 4.69) is 20.9 Å². The molecule has 0 heterocycles. The lowest BCUT2D eigenvalue weighted by molar-refractivity contribution is -0.121. The first-order valence-corrected chi connectivity index (χ1v) is 11.8. The normalized spacial score (nSPS) is 17.9. The van der Waals surface area contributed by atoms with Crippen LogP contribution in [0.5, 0.6) is 11.5 Å². The van der Waals surface area contributed by atoms with E-state index in [0.717, 1.165) is 42.7 Å². The Morgan fingerprint density at radius 2 is 1.81 bits per heavy atom. The van der Waals surface area contributed by atoms with Crippen molar-refractivity contribution in [3.8, 4) is 11.5 Å². The lowest BCUT2D eigenvalue weighted by Crippen LogP contribution is -2.41. The second kappa shape index (κ2) is 12.4. The maximum atomic E-state index is 12.2. The van der Waals surface area contributed by atoms with Crippen molar-refractivity contribution in [3.63, 3.8) is 0 Å². The van der Waals surface area contributed by atoms with Crippen LogP contribution in [0.4, 0.5) is 0 Å². The van der Waals surface area contributed by atoms with Gasteiger partial charge in [-0.15, -0.1) is 0 Å². The van der Waals surface area contributed by atoms with Gasteiger partial charge < -0.3 is 25.4 Å². The molecule has 2 aliphatic rings. The van der Waals surface area contributed by atoms with Gasteiger partial charge in [0.05, 0.1) is 13.2 Å². The Balaban J connectivity index is 1.47. The minimum atomic E-state index is 0.106. The van der Waals surface area contributed by atoms with E-state index in [1.54, 1.807) is 14.2 Å². The van der Waals surface area contributed by atoms with Crippen molar-refractivity contribution in [3.05, 3.63) is 23.8 Å². The summed E-state index contributed by atoms with van der Waals surface area (Å²) in [7, 11) is 3.41. The third-order valence-electron chi connectivity index (χ3n) is 6.15. The second-order valence-corrected chi connectivity index (χ2v) is 8.48. The van der Waals surface area contributed by atoms with Gasteiger partial charge in [0.2, 0.25) is 5.91 Å². The first kappa shape index (κ1) is 23.2. The van der Waals surface area contributed by atoms with Crippen LogP contribution in [0, 0.1) is 0 Å². The van der Waals surface area contributed by atoms with E-state index in [0.29, 0.717) is 31.5 Å². The largest absolute Gasteiger partial charge is 0.493 e. The first-order valence-electron chi connectivity index (χ1n) is 11.8. The van der Waals surface area contributed by atoms with Crippen LogP contribution in [0.25, 0.3) is 0 Å². The number of nitrogens with zero attached hydrogens (tertiary/aromatic N) is 1. The molecule has 0 aromatic heterocycles. The molecule has 1 aromatic rings. The van der Waals surface area contributed by atoms with Gasteiger partial charge in [0.1, 0.15) is 0 Å². The topological polar surface area (TPSA) is 84.0 Å². The Kier molecular flexibility index (Phi) is 9.31. The van der Waals surface area contributed by atoms with E-state index in [1.165, 1.54) is 32.1 Å². The predicted octanol–water partition coefficient (Wildman–Crippen LogP) is 3.52. The Bertz CT molecular complexity index is 726. The zero-order chi connectivity index (χ0) is 21.9. The first-order chi connectivity index (χ1) is 15.2. The third-order valence-corrected chi connectivity index (χ3v) is 6.15. The van der Waals surface area contributed by atoms with Crippen LogP contribution in [0.2, 0.25) is 0 Å². The number of para-hydroxylation sites is 1. The van der Waals surface area contributed by atoms with Crippen molar-refractivity contribution in [2.75, 3.05) is 20.7 Å². The highest BCUT2D eigenvalue weighted by Crippen LogP contribution is 2.34. The molecule has 0 spiro atoms. The maximum absolute atomic E-state index is 12.2. The van der Waals surface area contributed by atoms with Crippen molar-refractivity contribution >= 4 is 11.9 Å². The number of nitrogens with one attached hydrogen (secondary N) is 3. The van der Waals surface area contributed by atoms with Crippen molar-refractivity contribution < 1.29 is 14.3 Å². The molecule has 31 heavy (non-hydrogen) atoms. The van der Waals surface area contributed by atoms with Crippen molar-refractivity contribution in [1.29, 1.82) is 0 Å². The van der Waals surface area contributed by atoms with E-state index in [9.17, 15) is 4.79 Å². The van der Waals surface area contributed by atoms with E-state index < -0.39 is 0 Å². The minimum absolute atomic E-state index is 0.106. The number of methoxy groups -OCH3 is 1. The summed E-state index contributed by atoms with van der Waals surface area (Å²) in [4.78, 5) is 16.5. The van der Waals surface area contributed by atoms with Gasteiger partial charge in [-0.2, -0.15) is 0 Å². The zero-order valence-electron chi connectivity index (χ0n) is 19.0. The van der Waals surface area contributed by atoms with Gasteiger partial charge in [-0.05, 0) is 44.6 Å². The van der Waals surface area contributed by atoms with Crippen LogP contribution >= 0.6 is 0 Å². The predicted molar refractivity (Wildman–Crippen MR) is 124 cm³/mol. The quantitative estimate of drug-likeness (QED) is 0.412. The lowest BCUT2D eigenvalue weighted by atomic mass is 9.95. The number of guanidine groups is 1. The highest BCUT2D eigenvalue weighted by molar-refractivity contribution is 5.81. The van der Waals surface area contributed by atoms with Crippen LogP contribution in [0.15, 0.2) is 23.2 Å². The molecule has 1 amide bonds. The molecule has 1 aromatic carbocycles. The molecule has 0 bridgehead atoms. The molecule has 3 rings (SSSR count). The van der Waals surface area contributed by atoms with Gasteiger partial charge in [-0.3, -0.25) is 9.79 Å². The molecule has 0 unspecified atom stereocenters. The van der Waals surface area contributed by atoms with E-state index in [4.69, 9.17) is 9.47 Å². The number of hydrogen-bond acceptors (Lipinski definition) is 4. The van der Waals surface area contributed by atoms with Crippen LogP contribution < -0.4 is 25.4 Å². The highest BCUT2D eigenvalue weighted by Gasteiger charge is 2.20. The minimum Gasteiger partial charge on any atom is -0.493 e. The number of amides is 1. The van der Waals surface area contributed by atoms with Crippen LogP contribution in [0.1, 0.15) is 69.8 Å². The number of ether oxygens (including phenoxy) is 2. The van der Waals surface area contributed by atoms with E-state index in [-0.39, 0.29) is 12.0 Å². The lowest BCUT2D eigenvalue weighted by Gasteiger charge is -2.23. The van der Waals surface area contributed by atoms with Crippen molar-refractivity contribution in [1.82, 2.24) is 16.0 Å². The molecule has 3 N–H and O–H groups in total. The summed E-state index contributed by atoms with van der Waals surface area (Å²) in [5, 5.41) is 9.72. The van der Waals surface area contributed by atoms with Crippen LogP contribution in [-0.4, -0.2) is 44.7 Å². The van der Waals surface area contributed by atoms with Gasteiger partial charge in [-0.25, -0.2) is 0 Å². The molecule has 2 fully saturated rings. The zero-order valence-corrected chi connectivity index (χ0v) is 19.0. The fourth-order valence-corrected chi connectivity index (χ4v) is 4.41. The molecule has 2 aliphatic carbocycles. The SMILES string of the molecule is CN=C(NCCC(=O)NC1CCCCC1)NCc1cccc(OC)c1OC1CCCC1. The van der Waals surface area contributed by atoms with Crippen molar-refractivity contribution in [2.45, 2.75) is 82.9 Å². The Morgan fingerprint density at radius 3 is 2.52 bits per heavy atom. The average Bonchev–Trinajstić information content (AvgIpc) is 3.30. The maximum Gasteiger partial charge on any atom is 0.221 e. The van der Waals surface area contributed by atoms with E-state index in [1.807, 2.05) is 18.2 Å².